The molecular formula is C15H17N3OS. The van der Waals surface area contributed by atoms with E-state index >= 15 is 0 Å². The first-order chi connectivity index (χ1) is 9.80. The maximum atomic E-state index is 12.9. The van der Waals surface area contributed by atoms with Crippen LogP contribution in [0.2, 0.25) is 0 Å². The first-order valence-electron chi connectivity index (χ1n) is 7.17. The maximum Gasteiger partial charge on any atom is 0.234 e. The van der Waals surface area contributed by atoms with Gasteiger partial charge in [-0.15, -0.1) is 0 Å². The van der Waals surface area contributed by atoms with Gasteiger partial charge in [-0.2, -0.15) is 4.37 Å². The molecule has 4 rings (SSSR count). The van der Waals surface area contributed by atoms with E-state index in [4.69, 9.17) is 0 Å². The van der Waals surface area contributed by atoms with Crippen LogP contribution in [0.15, 0.2) is 24.3 Å². The Morgan fingerprint density at radius 2 is 2.00 bits per heavy atom. The molecule has 1 aromatic carbocycles. The highest BCUT2D eigenvalue weighted by atomic mass is 32.1. The highest BCUT2D eigenvalue weighted by Gasteiger charge is 2.48. The van der Waals surface area contributed by atoms with Crippen LogP contribution >= 0.6 is 11.5 Å². The lowest BCUT2D eigenvalue weighted by atomic mass is 9.78. The van der Waals surface area contributed by atoms with Crippen molar-refractivity contribution in [3.05, 3.63) is 24.3 Å². The maximum absolute atomic E-state index is 12.9. The van der Waals surface area contributed by atoms with E-state index in [1.807, 2.05) is 17.0 Å². The zero-order valence-electron chi connectivity index (χ0n) is 11.3. The molecule has 0 unspecified atom stereocenters. The first kappa shape index (κ1) is 12.3. The molecule has 0 atom stereocenters. The number of piperidine rings is 1. The number of amides is 1. The number of nitrogens with zero attached hydrogens (tertiary/aromatic N) is 2. The molecule has 0 radical (unpaired) electrons. The highest BCUT2D eigenvalue weighted by Crippen LogP contribution is 2.43. The van der Waals surface area contributed by atoms with Crippen LogP contribution in [-0.2, 0) is 4.79 Å². The molecule has 2 aliphatic heterocycles. The highest BCUT2D eigenvalue weighted by molar-refractivity contribution is 7.13. The second-order valence-corrected chi connectivity index (χ2v) is 6.54. The van der Waals surface area contributed by atoms with Crippen molar-refractivity contribution >= 4 is 33.3 Å². The van der Waals surface area contributed by atoms with Crippen molar-refractivity contribution in [3.63, 3.8) is 0 Å². The lowest BCUT2D eigenvalue weighted by Crippen LogP contribution is -2.42. The summed E-state index contributed by atoms with van der Waals surface area (Å²) in [6, 6.07) is 8.16. The Morgan fingerprint density at radius 3 is 2.85 bits per heavy atom. The van der Waals surface area contributed by atoms with Gasteiger partial charge < -0.3 is 5.32 Å². The average Bonchev–Trinajstić information content (AvgIpc) is 3.04. The minimum absolute atomic E-state index is 0.129. The van der Waals surface area contributed by atoms with Crippen LogP contribution in [0, 0.1) is 5.41 Å². The number of carbonyl (C=O) groups is 1. The van der Waals surface area contributed by atoms with Crippen molar-refractivity contribution in [1.82, 2.24) is 9.69 Å². The Morgan fingerprint density at radius 1 is 1.20 bits per heavy atom. The Balaban J connectivity index is 1.71. The van der Waals surface area contributed by atoms with Crippen molar-refractivity contribution < 1.29 is 4.79 Å². The monoisotopic (exact) mass is 287 g/mol. The van der Waals surface area contributed by atoms with Crippen LogP contribution in [0.25, 0.3) is 10.1 Å². The van der Waals surface area contributed by atoms with E-state index in [-0.39, 0.29) is 11.3 Å². The Labute approximate surface area is 121 Å². The molecule has 4 nitrogen and oxygen atoms in total. The predicted octanol–water partition coefficient (Wildman–Crippen LogP) is 2.40. The summed E-state index contributed by atoms with van der Waals surface area (Å²) in [5.74, 6) is 1.15. The summed E-state index contributed by atoms with van der Waals surface area (Å²) in [6.45, 7) is 2.72. The number of hydrogen-bond donors (Lipinski definition) is 1. The van der Waals surface area contributed by atoms with Gasteiger partial charge in [0.15, 0.2) is 5.82 Å². The van der Waals surface area contributed by atoms with Gasteiger partial charge in [0.1, 0.15) is 0 Å². The van der Waals surface area contributed by atoms with Crippen LogP contribution in [-0.4, -0.2) is 29.9 Å². The van der Waals surface area contributed by atoms with E-state index in [2.05, 4.69) is 21.8 Å². The minimum Gasteiger partial charge on any atom is -0.317 e. The Hall–Kier alpha value is -1.46. The Bertz CT molecular complexity index is 660. The van der Waals surface area contributed by atoms with E-state index in [0.29, 0.717) is 0 Å². The third-order valence-corrected chi connectivity index (χ3v) is 5.50. The second-order valence-electron chi connectivity index (χ2n) is 5.74. The molecule has 2 saturated heterocycles. The number of fused-ring (bicyclic) bond motifs is 1. The van der Waals surface area contributed by atoms with Gasteiger partial charge in [-0.3, -0.25) is 9.69 Å². The molecular weight excluding hydrogens is 270 g/mol. The standard InChI is InChI=1S/C15H17N3OS/c19-14-15(5-8-16-9-6-15)7-10-18(14)13-11-3-1-2-4-12(11)20-17-13/h1-4,16H,5-10H2. The van der Waals surface area contributed by atoms with Gasteiger partial charge in [0.2, 0.25) is 5.91 Å². The van der Waals surface area contributed by atoms with Gasteiger partial charge >= 0.3 is 0 Å². The summed E-state index contributed by atoms with van der Waals surface area (Å²) < 4.78 is 5.69. The Kier molecular flexibility index (Phi) is 2.79. The molecule has 3 heterocycles. The van der Waals surface area contributed by atoms with Crippen molar-refractivity contribution in [1.29, 1.82) is 0 Å². The molecule has 0 saturated carbocycles. The quantitative estimate of drug-likeness (QED) is 0.876. The van der Waals surface area contributed by atoms with Crippen LogP contribution in [0.5, 0.6) is 0 Å². The molecule has 0 bridgehead atoms. The molecule has 1 amide bonds. The van der Waals surface area contributed by atoms with E-state index in [0.717, 1.165) is 54.8 Å². The summed E-state index contributed by atoms with van der Waals surface area (Å²) in [4.78, 5) is 14.8. The predicted molar refractivity (Wildman–Crippen MR) is 81.1 cm³/mol. The van der Waals surface area contributed by atoms with Gasteiger partial charge in [0.25, 0.3) is 0 Å². The number of rotatable bonds is 1. The molecule has 104 valence electrons. The van der Waals surface area contributed by atoms with Gasteiger partial charge in [-0.25, -0.2) is 0 Å². The topological polar surface area (TPSA) is 45.2 Å². The number of benzene rings is 1. The fraction of sp³-hybridized carbons (Fsp3) is 0.467. The molecule has 0 aliphatic carbocycles. The fourth-order valence-corrected chi connectivity index (χ4v) is 4.24. The zero-order chi connectivity index (χ0) is 13.6. The largest absolute Gasteiger partial charge is 0.317 e. The van der Waals surface area contributed by atoms with Crippen molar-refractivity contribution in [3.8, 4) is 0 Å². The first-order valence-corrected chi connectivity index (χ1v) is 7.95. The number of carbonyl (C=O) groups excluding carboxylic acids is 1. The van der Waals surface area contributed by atoms with Crippen LogP contribution < -0.4 is 10.2 Å². The lowest BCUT2D eigenvalue weighted by Gasteiger charge is -2.31. The summed E-state index contributed by atoms with van der Waals surface area (Å²) in [7, 11) is 0. The molecule has 20 heavy (non-hydrogen) atoms. The number of aromatic nitrogens is 1. The number of nitrogens with one attached hydrogen (secondary N) is 1. The fourth-order valence-electron chi connectivity index (χ4n) is 3.46. The van der Waals surface area contributed by atoms with Gasteiger partial charge in [0, 0.05) is 11.9 Å². The third kappa shape index (κ3) is 1.70. The van der Waals surface area contributed by atoms with Gasteiger partial charge in [-0.05, 0) is 56.0 Å². The van der Waals surface area contributed by atoms with E-state index in [9.17, 15) is 4.79 Å². The normalized spacial score (nSPS) is 22.0. The minimum atomic E-state index is -0.129. The van der Waals surface area contributed by atoms with E-state index in [1.54, 1.807) is 0 Å². The zero-order valence-corrected chi connectivity index (χ0v) is 12.1. The molecule has 2 aromatic rings. The van der Waals surface area contributed by atoms with Gasteiger partial charge in [-0.1, -0.05) is 12.1 Å². The summed E-state index contributed by atoms with van der Waals surface area (Å²) in [5, 5.41) is 4.46. The van der Waals surface area contributed by atoms with Crippen LogP contribution in [0.3, 0.4) is 0 Å². The van der Waals surface area contributed by atoms with Crippen molar-refractivity contribution in [2.24, 2.45) is 5.41 Å². The second kappa shape index (κ2) is 4.53. The van der Waals surface area contributed by atoms with Crippen LogP contribution in [0.4, 0.5) is 5.82 Å². The van der Waals surface area contributed by atoms with E-state index < -0.39 is 0 Å². The summed E-state index contributed by atoms with van der Waals surface area (Å²) >= 11 is 1.48. The van der Waals surface area contributed by atoms with Gasteiger partial charge in [0.05, 0.1) is 10.1 Å². The number of hydrogen-bond acceptors (Lipinski definition) is 4. The SMILES string of the molecule is O=C1N(c2nsc3ccccc23)CCC12CCNCC2. The third-order valence-electron chi connectivity index (χ3n) is 4.69. The van der Waals surface area contributed by atoms with Crippen molar-refractivity contribution in [2.45, 2.75) is 19.3 Å². The summed E-state index contributed by atoms with van der Waals surface area (Å²) in [6.07, 6.45) is 2.90. The summed E-state index contributed by atoms with van der Waals surface area (Å²) in [5.41, 5.74) is -0.129. The van der Waals surface area contributed by atoms with Crippen LogP contribution in [0.1, 0.15) is 19.3 Å². The number of anilines is 1. The molecule has 5 heteroatoms. The lowest BCUT2D eigenvalue weighted by molar-refractivity contribution is -0.126. The molecule has 2 fully saturated rings. The molecule has 2 aliphatic rings. The molecule has 1 N–H and O–H groups in total. The van der Waals surface area contributed by atoms with E-state index in [1.165, 1.54) is 11.5 Å². The molecule has 1 spiro atoms. The molecule has 1 aromatic heterocycles. The van der Waals surface area contributed by atoms with Crippen molar-refractivity contribution in [2.75, 3.05) is 24.5 Å². The smallest absolute Gasteiger partial charge is 0.234 e. The average molecular weight is 287 g/mol.